The van der Waals surface area contributed by atoms with Crippen LogP contribution in [-0.4, -0.2) is 42.9 Å². The molecule has 134 valence electrons. The van der Waals surface area contributed by atoms with Crippen LogP contribution >= 0.6 is 0 Å². The lowest BCUT2D eigenvalue weighted by molar-refractivity contribution is -0.175. The van der Waals surface area contributed by atoms with Crippen molar-refractivity contribution in [2.24, 2.45) is 5.92 Å². The van der Waals surface area contributed by atoms with Crippen molar-refractivity contribution < 1.29 is 23.8 Å². The van der Waals surface area contributed by atoms with E-state index in [0.29, 0.717) is 23.7 Å². The Morgan fingerprint density at radius 1 is 1.52 bits per heavy atom. The van der Waals surface area contributed by atoms with Gasteiger partial charge in [0.1, 0.15) is 5.92 Å². The molecule has 7 heteroatoms. The number of benzene rings is 1. The number of nitrogens with zero attached hydrogens (tertiary/aromatic N) is 1. The molecule has 0 aliphatic carbocycles. The molecule has 1 saturated heterocycles. The Labute approximate surface area is 146 Å². The molecule has 2 heterocycles. The smallest absolute Gasteiger partial charge is 0.321 e. The monoisotopic (exact) mass is 346 g/mol. The topological polar surface area (TPSA) is 77.1 Å². The van der Waals surface area contributed by atoms with E-state index in [1.165, 1.54) is 12.0 Å². The van der Waals surface area contributed by atoms with Gasteiger partial charge in [0.2, 0.25) is 0 Å². The minimum absolute atomic E-state index is 0.231. The summed E-state index contributed by atoms with van der Waals surface area (Å²) in [5.74, 6) is -0.0612. The van der Waals surface area contributed by atoms with Crippen molar-refractivity contribution in [3.63, 3.8) is 0 Å². The Morgan fingerprint density at radius 2 is 2.28 bits per heavy atom. The number of urea groups is 1. The first kappa shape index (κ1) is 17.1. The summed E-state index contributed by atoms with van der Waals surface area (Å²) in [6.45, 7) is 8.00. The van der Waals surface area contributed by atoms with Crippen molar-refractivity contribution in [2.75, 3.05) is 20.3 Å². The normalized spacial score (nSPS) is 26.8. The molecule has 0 spiro atoms. The van der Waals surface area contributed by atoms with Gasteiger partial charge in [-0.1, -0.05) is 18.2 Å². The zero-order chi connectivity index (χ0) is 18.2. The van der Waals surface area contributed by atoms with E-state index in [1.807, 2.05) is 19.1 Å². The number of methoxy groups -OCH3 is 1. The van der Waals surface area contributed by atoms with Crippen molar-refractivity contribution in [2.45, 2.75) is 25.6 Å². The fraction of sp³-hybridized carbons (Fsp3) is 0.444. The van der Waals surface area contributed by atoms with Crippen LogP contribution in [0.2, 0.25) is 0 Å². The minimum Gasteiger partial charge on any atom is -0.490 e. The Morgan fingerprint density at radius 3 is 2.92 bits per heavy atom. The second kappa shape index (κ2) is 6.31. The lowest BCUT2D eigenvalue weighted by atomic mass is 9.79. The molecular formula is C18H22N2O5. The molecular weight excluding hydrogens is 324 g/mol. The third-order valence-electron chi connectivity index (χ3n) is 4.69. The zero-order valence-corrected chi connectivity index (χ0v) is 14.6. The number of esters is 1. The molecule has 2 aliphatic rings. The second-order valence-corrected chi connectivity index (χ2v) is 6.09. The zero-order valence-electron chi connectivity index (χ0n) is 14.6. The number of hydrogen-bond donors (Lipinski definition) is 1. The molecule has 2 bridgehead atoms. The van der Waals surface area contributed by atoms with Gasteiger partial charge >= 0.3 is 12.0 Å². The molecule has 1 aromatic carbocycles. The Hall–Kier alpha value is -2.70. The fourth-order valence-corrected chi connectivity index (χ4v) is 3.59. The number of ether oxygens (including phenoxy) is 3. The predicted octanol–water partition coefficient (Wildman–Crippen LogP) is 2.24. The molecule has 3 rings (SSSR count). The van der Waals surface area contributed by atoms with Gasteiger partial charge in [0, 0.05) is 12.1 Å². The quantitative estimate of drug-likeness (QED) is 0.653. The summed E-state index contributed by atoms with van der Waals surface area (Å²) in [6.07, 6.45) is 1.59. The molecule has 25 heavy (non-hydrogen) atoms. The first-order valence-corrected chi connectivity index (χ1v) is 8.19. The number of fused-ring (bicyclic) bond motifs is 4. The molecule has 2 aliphatic heterocycles. The lowest BCUT2D eigenvalue weighted by Gasteiger charge is -2.54. The highest BCUT2D eigenvalue weighted by molar-refractivity contribution is 5.84. The van der Waals surface area contributed by atoms with E-state index in [4.69, 9.17) is 14.2 Å². The second-order valence-electron chi connectivity index (χ2n) is 6.09. The molecule has 0 aromatic heterocycles. The Bertz CT molecular complexity index is 719. The molecule has 1 fully saturated rings. The summed E-state index contributed by atoms with van der Waals surface area (Å²) < 4.78 is 16.9. The molecule has 3 atom stereocenters. The van der Waals surface area contributed by atoms with Gasteiger partial charge in [-0.3, -0.25) is 9.69 Å². The Balaban J connectivity index is 2.18. The van der Waals surface area contributed by atoms with E-state index in [0.717, 1.165) is 0 Å². The summed E-state index contributed by atoms with van der Waals surface area (Å²) >= 11 is 0. The largest absolute Gasteiger partial charge is 0.490 e. The van der Waals surface area contributed by atoms with Crippen molar-refractivity contribution in [3.05, 3.63) is 36.4 Å². The summed E-state index contributed by atoms with van der Waals surface area (Å²) in [6, 6.07) is 4.56. The van der Waals surface area contributed by atoms with E-state index in [-0.39, 0.29) is 12.6 Å². The maximum absolute atomic E-state index is 12.6. The molecule has 7 nitrogen and oxygen atoms in total. The molecule has 2 amide bonds. The van der Waals surface area contributed by atoms with Crippen LogP contribution in [0.3, 0.4) is 0 Å². The number of hydrogen-bond acceptors (Lipinski definition) is 5. The number of carbonyl (C=O) groups excluding carboxylic acids is 2. The van der Waals surface area contributed by atoms with E-state index < -0.39 is 23.7 Å². The van der Waals surface area contributed by atoms with Crippen LogP contribution in [0.25, 0.3) is 0 Å². The van der Waals surface area contributed by atoms with E-state index >= 15 is 0 Å². The summed E-state index contributed by atoms with van der Waals surface area (Å²) in [7, 11) is 1.33. The molecule has 0 radical (unpaired) electrons. The van der Waals surface area contributed by atoms with Crippen LogP contribution in [-0.2, 0) is 9.53 Å². The highest BCUT2D eigenvalue weighted by Crippen LogP contribution is 2.51. The SMILES string of the molecule is C=CCN1C(=O)N[C@H]2c3cccc(OCC)c3O[C@@]1(C)[C@@H]2C(=O)OC. The third kappa shape index (κ3) is 2.50. The third-order valence-corrected chi connectivity index (χ3v) is 4.69. The summed E-state index contributed by atoms with van der Waals surface area (Å²) in [5, 5.41) is 2.90. The van der Waals surface area contributed by atoms with E-state index in [1.54, 1.807) is 19.1 Å². The average Bonchev–Trinajstić information content (AvgIpc) is 2.59. The lowest BCUT2D eigenvalue weighted by Crippen LogP contribution is -2.71. The van der Waals surface area contributed by atoms with E-state index in [9.17, 15) is 9.59 Å². The summed E-state index contributed by atoms with van der Waals surface area (Å²) in [5.41, 5.74) is -0.514. The predicted molar refractivity (Wildman–Crippen MR) is 90.3 cm³/mol. The maximum Gasteiger partial charge on any atom is 0.321 e. The first-order valence-electron chi connectivity index (χ1n) is 8.19. The molecule has 0 unspecified atom stereocenters. The molecule has 0 saturated carbocycles. The first-order chi connectivity index (χ1) is 12.0. The highest BCUT2D eigenvalue weighted by Gasteiger charge is 2.60. The van der Waals surface area contributed by atoms with E-state index in [2.05, 4.69) is 11.9 Å². The van der Waals surface area contributed by atoms with Crippen molar-refractivity contribution in [1.82, 2.24) is 10.2 Å². The van der Waals surface area contributed by atoms with Gasteiger partial charge in [-0.25, -0.2) is 4.79 Å². The number of nitrogens with one attached hydrogen (secondary N) is 1. The van der Waals surface area contributed by atoms with Crippen LogP contribution in [0.5, 0.6) is 11.5 Å². The molecule has 1 N–H and O–H groups in total. The number of para-hydroxylation sites is 1. The van der Waals surface area contributed by atoms with Gasteiger partial charge in [0.15, 0.2) is 17.2 Å². The van der Waals surface area contributed by atoms with Gasteiger partial charge < -0.3 is 19.5 Å². The highest BCUT2D eigenvalue weighted by atomic mass is 16.6. The van der Waals surface area contributed by atoms with Crippen molar-refractivity contribution in [3.8, 4) is 11.5 Å². The average molecular weight is 346 g/mol. The van der Waals surface area contributed by atoms with Gasteiger partial charge in [-0.2, -0.15) is 0 Å². The number of rotatable bonds is 5. The number of carbonyl (C=O) groups is 2. The Kier molecular flexibility index (Phi) is 4.32. The number of amides is 2. The van der Waals surface area contributed by atoms with Crippen LogP contribution in [0, 0.1) is 5.92 Å². The maximum atomic E-state index is 12.6. The van der Waals surface area contributed by atoms with Crippen LogP contribution < -0.4 is 14.8 Å². The standard InChI is InChI=1S/C18H22N2O5/c1-5-10-20-17(22)19-14-11-8-7-9-12(24-6-2)15(11)25-18(20,3)13(14)16(21)23-4/h5,7-9,13-14H,1,6,10H2,2-4H3,(H,19,22)/t13-,14-,18-/m0/s1. The van der Waals surface area contributed by atoms with Crippen LogP contribution in [0.15, 0.2) is 30.9 Å². The van der Waals surface area contributed by atoms with Gasteiger partial charge in [-0.15, -0.1) is 6.58 Å². The molecule has 1 aromatic rings. The minimum atomic E-state index is -1.21. The summed E-state index contributed by atoms with van der Waals surface area (Å²) in [4.78, 5) is 26.6. The van der Waals surface area contributed by atoms with Crippen molar-refractivity contribution in [1.29, 1.82) is 0 Å². The fourth-order valence-electron chi connectivity index (χ4n) is 3.59. The van der Waals surface area contributed by atoms with Crippen LogP contribution in [0.4, 0.5) is 4.79 Å². The van der Waals surface area contributed by atoms with Gasteiger partial charge in [0.05, 0.1) is 19.8 Å². The van der Waals surface area contributed by atoms with Crippen molar-refractivity contribution >= 4 is 12.0 Å². The van der Waals surface area contributed by atoms with Gasteiger partial charge in [-0.05, 0) is 19.9 Å². The van der Waals surface area contributed by atoms with Gasteiger partial charge in [0.25, 0.3) is 0 Å². The van der Waals surface area contributed by atoms with Crippen LogP contribution in [0.1, 0.15) is 25.5 Å².